The molecule has 1 fully saturated rings. The smallest absolute Gasteiger partial charge is 0.165 e. The van der Waals surface area contributed by atoms with E-state index >= 15 is 0 Å². The van der Waals surface area contributed by atoms with E-state index in [2.05, 4.69) is 17.1 Å². The topological polar surface area (TPSA) is 38.5 Å². The van der Waals surface area contributed by atoms with Crippen molar-refractivity contribution < 1.29 is 9.13 Å². The second-order valence-electron chi connectivity index (χ2n) is 6.46. The van der Waals surface area contributed by atoms with Gasteiger partial charge in [0.2, 0.25) is 0 Å². The fourth-order valence-electron chi connectivity index (χ4n) is 3.80. The van der Waals surface area contributed by atoms with Crippen LogP contribution in [0.25, 0.3) is 0 Å². The van der Waals surface area contributed by atoms with Gasteiger partial charge in [-0.25, -0.2) is 4.39 Å². The Bertz CT molecular complexity index is 638. The van der Waals surface area contributed by atoms with Crippen LogP contribution in [0.5, 0.6) is 5.75 Å². The fraction of sp³-hybridized carbons (Fsp3) is 0.474. The molecule has 3 rings (SSSR count). The molecule has 0 amide bonds. The summed E-state index contributed by atoms with van der Waals surface area (Å²) in [7, 11) is 3.50. The van der Waals surface area contributed by atoms with Crippen LogP contribution in [0.15, 0.2) is 41.6 Å². The SMILES string of the molecule is COc1cc(N(C)C2=CCC3C(=C2)CCC[C@H]3CN)ccc1F. The highest BCUT2D eigenvalue weighted by atomic mass is 19.1. The molecular weight excluding hydrogens is 291 g/mol. The largest absolute Gasteiger partial charge is 0.494 e. The van der Waals surface area contributed by atoms with Gasteiger partial charge in [0.25, 0.3) is 0 Å². The molecule has 1 saturated carbocycles. The molecule has 0 aromatic heterocycles. The van der Waals surface area contributed by atoms with Crippen molar-refractivity contribution in [1.29, 1.82) is 0 Å². The van der Waals surface area contributed by atoms with Crippen LogP contribution in [0.2, 0.25) is 0 Å². The summed E-state index contributed by atoms with van der Waals surface area (Å²) < 4.78 is 18.7. The van der Waals surface area contributed by atoms with E-state index in [4.69, 9.17) is 10.5 Å². The van der Waals surface area contributed by atoms with Crippen molar-refractivity contribution in [2.45, 2.75) is 25.7 Å². The first-order chi connectivity index (χ1) is 11.1. The monoisotopic (exact) mass is 316 g/mol. The molecule has 0 spiro atoms. The molecule has 0 heterocycles. The summed E-state index contributed by atoms with van der Waals surface area (Å²) in [6.07, 6.45) is 9.26. The van der Waals surface area contributed by atoms with Crippen LogP contribution >= 0.6 is 0 Å². The lowest BCUT2D eigenvalue weighted by molar-refractivity contribution is 0.309. The number of rotatable bonds is 4. The van der Waals surface area contributed by atoms with Crippen molar-refractivity contribution in [2.24, 2.45) is 17.6 Å². The van der Waals surface area contributed by atoms with Crippen LogP contribution in [0, 0.1) is 17.7 Å². The number of methoxy groups -OCH3 is 1. The van der Waals surface area contributed by atoms with Crippen molar-refractivity contribution in [2.75, 3.05) is 25.6 Å². The highest BCUT2D eigenvalue weighted by Crippen LogP contribution is 2.40. The van der Waals surface area contributed by atoms with E-state index in [-0.39, 0.29) is 11.6 Å². The van der Waals surface area contributed by atoms with Gasteiger partial charge in [-0.3, -0.25) is 0 Å². The van der Waals surface area contributed by atoms with Gasteiger partial charge in [0, 0.05) is 24.5 Å². The summed E-state index contributed by atoms with van der Waals surface area (Å²) in [5.74, 6) is 1.16. The normalized spacial score (nSPS) is 23.7. The maximum atomic E-state index is 13.6. The number of fused-ring (bicyclic) bond motifs is 1. The quantitative estimate of drug-likeness (QED) is 0.916. The summed E-state index contributed by atoms with van der Waals surface area (Å²) in [6.45, 7) is 0.774. The molecule has 1 aromatic rings. The van der Waals surface area contributed by atoms with Crippen molar-refractivity contribution >= 4 is 5.69 Å². The molecule has 23 heavy (non-hydrogen) atoms. The third kappa shape index (κ3) is 3.13. The van der Waals surface area contributed by atoms with Crippen LogP contribution in [0.4, 0.5) is 10.1 Å². The molecule has 2 N–H and O–H groups in total. The number of benzene rings is 1. The van der Waals surface area contributed by atoms with E-state index < -0.39 is 0 Å². The second-order valence-corrected chi connectivity index (χ2v) is 6.46. The zero-order valence-corrected chi connectivity index (χ0v) is 13.9. The predicted octanol–water partition coefficient (Wildman–Crippen LogP) is 3.86. The Hall–Kier alpha value is -1.81. The van der Waals surface area contributed by atoms with Gasteiger partial charge in [-0.1, -0.05) is 11.6 Å². The number of likely N-dealkylation sites (N-methyl/N-ethyl adjacent to an activating group) is 1. The van der Waals surface area contributed by atoms with Gasteiger partial charge in [0.05, 0.1) is 7.11 Å². The van der Waals surface area contributed by atoms with Crippen LogP contribution in [-0.2, 0) is 0 Å². The number of allylic oxidation sites excluding steroid dienone is 3. The minimum absolute atomic E-state index is 0.275. The Morgan fingerprint density at radius 2 is 2.22 bits per heavy atom. The molecule has 2 atom stereocenters. The van der Waals surface area contributed by atoms with Crippen LogP contribution < -0.4 is 15.4 Å². The third-order valence-corrected chi connectivity index (χ3v) is 5.21. The molecule has 1 unspecified atom stereocenters. The average Bonchev–Trinajstić information content (AvgIpc) is 2.60. The highest BCUT2D eigenvalue weighted by Gasteiger charge is 2.29. The highest BCUT2D eigenvalue weighted by molar-refractivity contribution is 5.58. The lowest BCUT2D eigenvalue weighted by Crippen LogP contribution is -2.30. The van der Waals surface area contributed by atoms with Gasteiger partial charge >= 0.3 is 0 Å². The van der Waals surface area contributed by atoms with E-state index in [1.165, 1.54) is 43.7 Å². The van der Waals surface area contributed by atoms with E-state index in [0.717, 1.165) is 18.7 Å². The molecule has 2 aliphatic rings. The molecule has 0 saturated heterocycles. The van der Waals surface area contributed by atoms with Gasteiger partial charge in [0.1, 0.15) is 0 Å². The van der Waals surface area contributed by atoms with Crippen molar-refractivity contribution in [3.63, 3.8) is 0 Å². The number of hydrogen-bond donors (Lipinski definition) is 1. The summed E-state index contributed by atoms with van der Waals surface area (Å²) in [5.41, 5.74) is 9.55. The summed E-state index contributed by atoms with van der Waals surface area (Å²) in [5, 5.41) is 0. The van der Waals surface area contributed by atoms with Gasteiger partial charge in [-0.2, -0.15) is 0 Å². The molecule has 2 aliphatic carbocycles. The van der Waals surface area contributed by atoms with Gasteiger partial charge in [-0.05, 0) is 62.3 Å². The van der Waals surface area contributed by atoms with E-state index in [1.807, 2.05) is 7.05 Å². The number of halogens is 1. The Morgan fingerprint density at radius 1 is 1.39 bits per heavy atom. The standard InChI is InChI=1S/C19H25FN2O/c1-22(16-7-9-18(20)19(11-16)23-2)15-6-8-17-13(10-15)4-3-5-14(17)12-21/h6-7,9-11,14,17H,3-5,8,12,21H2,1-2H3/t14-,17?/m0/s1. The maximum absolute atomic E-state index is 13.6. The van der Waals surface area contributed by atoms with Crippen molar-refractivity contribution in [3.8, 4) is 5.75 Å². The molecule has 3 nitrogen and oxygen atoms in total. The molecular formula is C19H25FN2O. The van der Waals surface area contributed by atoms with Gasteiger partial charge < -0.3 is 15.4 Å². The van der Waals surface area contributed by atoms with Gasteiger partial charge in [-0.15, -0.1) is 0 Å². The Balaban J connectivity index is 1.82. The first-order valence-corrected chi connectivity index (χ1v) is 8.32. The van der Waals surface area contributed by atoms with Gasteiger partial charge in [0.15, 0.2) is 11.6 Å². The molecule has 0 bridgehead atoms. The van der Waals surface area contributed by atoms with Crippen molar-refractivity contribution in [3.05, 3.63) is 47.4 Å². The Morgan fingerprint density at radius 3 is 2.96 bits per heavy atom. The first kappa shape index (κ1) is 16.1. The van der Waals surface area contributed by atoms with E-state index in [1.54, 1.807) is 12.1 Å². The zero-order valence-electron chi connectivity index (χ0n) is 13.9. The minimum Gasteiger partial charge on any atom is -0.494 e. The average molecular weight is 316 g/mol. The lowest BCUT2D eigenvalue weighted by Gasteiger charge is -2.36. The molecule has 0 aliphatic heterocycles. The number of hydrogen-bond acceptors (Lipinski definition) is 3. The number of anilines is 1. The Labute approximate surface area is 137 Å². The molecule has 124 valence electrons. The second kappa shape index (κ2) is 6.75. The first-order valence-electron chi connectivity index (χ1n) is 8.32. The van der Waals surface area contributed by atoms with Crippen LogP contribution in [0.1, 0.15) is 25.7 Å². The fourth-order valence-corrected chi connectivity index (χ4v) is 3.80. The lowest BCUT2D eigenvalue weighted by atomic mass is 9.72. The predicted molar refractivity (Wildman–Crippen MR) is 92.0 cm³/mol. The summed E-state index contributed by atoms with van der Waals surface area (Å²) in [4.78, 5) is 2.09. The number of nitrogens with zero attached hydrogens (tertiary/aromatic N) is 1. The third-order valence-electron chi connectivity index (χ3n) is 5.21. The minimum atomic E-state index is -0.334. The molecule has 0 radical (unpaired) electrons. The maximum Gasteiger partial charge on any atom is 0.165 e. The van der Waals surface area contributed by atoms with E-state index in [0.29, 0.717) is 11.8 Å². The van der Waals surface area contributed by atoms with Crippen molar-refractivity contribution in [1.82, 2.24) is 0 Å². The molecule has 4 heteroatoms. The number of ether oxygens (including phenoxy) is 1. The number of nitrogens with two attached hydrogens (primary N) is 1. The zero-order chi connectivity index (χ0) is 16.4. The van der Waals surface area contributed by atoms with Crippen LogP contribution in [-0.4, -0.2) is 20.7 Å². The summed E-state index contributed by atoms with van der Waals surface area (Å²) >= 11 is 0. The van der Waals surface area contributed by atoms with Crippen LogP contribution in [0.3, 0.4) is 0 Å². The Kier molecular flexibility index (Phi) is 4.71. The van der Waals surface area contributed by atoms with E-state index in [9.17, 15) is 4.39 Å². The summed E-state index contributed by atoms with van der Waals surface area (Å²) in [6, 6.07) is 4.98. The molecule has 1 aromatic carbocycles.